The molecule has 11 nitrogen and oxygen atoms in total. The minimum absolute atomic E-state index is 0.109. The number of hydrogen-bond donors (Lipinski definition) is 4. The SMILES string of the molecule is C[C@]1(c2cc(Nc3nccc4nc(OCc5ncco5)cnc34)ccc2F)N=C(N)[C@@]2(C)CC[C@@H]1S2(O)O. The number of benzene rings is 1. The van der Waals surface area contributed by atoms with Crippen molar-refractivity contribution in [1.29, 1.82) is 0 Å². The number of anilines is 2. The topological polar surface area (TPSA) is 165 Å². The highest BCUT2D eigenvalue weighted by atomic mass is 32.3. The average molecular weight is 540 g/mol. The molecule has 0 aliphatic carbocycles. The van der Waals surface area contributed by atoms with Crippen LogP contribution >= 0.6 is 10.6 Å². The van der Waals surface area contributed by atoms with Gasteiger partial charge in [0.25, 0.3) is 0 Å². The van der Waals surface area contributed by atoms with Gasteiger partial charge >= 0.3 is 0 Å². The molecule has 0 amide bonds. The third-order valence-corrected chi connectivity index (χ3v) is 10.7. The van der Waals surface area contributed by atoms with E-state index in [1.165, 1.54) is 24.7 Å². The van der Waals surface area contributed by atoms with Gasteiger partial charge in [-0.1, -0.05) is 0 Å². The fourth-order valence-corrected chi connectivity index (χ4v) is 7.94. The highest BCUT2D eigenvalue weighted by molar-refractivity contribution is 8.26. The molecule has 0 saturated carbocycles. The molecule has 3 aromatic heterocycles. The molecule has 2 aliphatic heterocycles. The van der Waals surface area contributed by atoms with Crippen LogP contribution in [0.3, 0.4) is 0 Å². The summed E-state index contributed by atoms with van der Waals surface area (Å²) in [5.74, 6) is 0.732. The molecule has 13 heteroatoms. The number of hydrogen-bond acceptors (Lipinski definition) is 11. The lowest BCUT2D eigenvalue weighted by Crippen LogP contribution is -2.53. The zero-order chi connectivity index (χ0) is 26.7. The number of aliphatic imine (C=N–C) groups is 1. The van der Waals surface area contributed by atoms with E-state index in [4.69, 9.17) is 14.9 Å². The second kappa shape index (κ2) is 8.61. The van der Waals surface area contributed by atoms with E-state index in [0.717, 1.165) is 0 Å². The summed E-state index contributed by atoms with van der Waals surface area (Å²) in [5.41, 5.74) is 6.74. The lowest BCUT2D eigenvalue weighted by Gasteiger charge is -2.54. The molecule has 6 rings (SSSR count). The van der Waals surface area contributed by atoms with Gasteiger partial charge in [0.1, 0.15) is 33.7 Å². The van der Waals surface area contributed by atoms with Crippen molar-refractivity contribution in [3.63, 3.8) is 0 Å². The van der Waals surface area contributed by atoms with Crippen LogP contribution in [0.1, 0.15) is 38.1 Å². The first-order chi connectivity index (χ1) is 18.1. The Morgan fingerprint density at radius 2 is 2.05 bits per heavy atom. The molecule has 2 bridgehead atoms. The van der Waals surface area contributed by atoms with E-state index in [0.29, 0.717) is 47.2 Å². The maximum Gasteiger partial charge on any atom is 0.233 e. The van der Waals surface area contributed by atoms with Crippen molar-refractivity contribution in [1.82, 2.24) is 19.9 Å². The summed E-state index contributed by atoms with van der Waals surface area (Å²) in [7, 11) is -3.17. The van der Waals surface area contributed by atoms with Crippen molar-refractivity contribution in [2.75, 3.05) is 5.32 Å². The quantitative estimate of drug-likeness (QED) is 0.269. The van der Waals surface area contributed by atoms with Crippen LogP contribution < -0.4 is 15.8 Å². The van der Waals surface area contributed by atoms with Crippen LogP contribution in [-0.2, 0) is 12.1 Å². The number of halogens is 1. The second-order valence-corrected chi connectivity index (χ2v) is 12.4. The highest BCUT2D eigenvalue weighted by Gasteiger charge is 2.62. The maximum atomic E-state index is 15.3. The molecule has 1 saturated heterocycles. The monoisotopic (exact) mass is 539 g/mol. The summed E-state index contributed by atoms with van der Waals surface area (Å²) in [4.78, 5) is 22.0. The largest absolute Gasteiger partial charge is 0.467 e. The van der Waals surface area contributed by atoms with Crippen LogP contribution in [0.2, 0.25) is 0 Å². The molecule has 0 radical (unpaired) electrons. The molecular formula is C25H26FN7O4S. The molecule has 198 valence electrons. The van der Waals surface area contributed by atoms with Crippen LogP contribution in [0.15, 0.2) is 58.5 Å². The van der Waals surface area contributed by atoms with Gasteiger partial charge in [0.15, 0.2) is 12.4 Å². The van der Waals surface area contributed by atoms with E-state index in [1.807, 2.05) is 0 Å². The number of fused-ring (bicyclic) bond motifs is 3. The number of pyridine rings is 1. The van der Waals surface area contributed by atoms with Gasteiger partial charge in [-0.3, -0.25) is 14.1 Å². The van der Waals surface area contributed by atoms with E-state index in [1.54, 1.807) is 38.2 Å². The van der Waals surface area contributed by atoms with Gasteiger partial charge in [0.2, 0.25) is 11.8 Å². The predicted molar refractivity (Wildman–Crippen MR) is 141 cm³/mol. The van der Waals surface area contributed by atoms with Crippen LogP contribution in [0, 0.1) is 5.82 Å². The van der Waals surface area contributed by atoms with Gasteiger partial charge in [-0.2, -0.15) is 10.6 Å². The Labute approximate surface area is 218 Å². The zero-order valence-corrected chi connectivity index (χ0v) is 21.4. The van der Waals surface area contributed by atoms with Crippen LogP contribution in [0.4, 0.5) is 15.9 Å². The predicted octanol–water partition coefficient (Wildman–Crippen LogP) is 4.73. The molecule has 4 aromatic rings. The van der Waals surface area contributed by atoms with E-state index in [2.05, 4.69) is 30.2 Å². The summed E-state index contributed by atoms with van der Waals surface area (Å²) >= 11 is 0. The average Bonchev–Trinajstić information content (AvgIpc) is 3.47. The molecule has 5 N–H and O–H groups in total. The van der Waals surface area contributed by atoms with Crippen molar-refractivity contribution in [2.45, 2.75) is 48.8 Å². The molecular weight excluding hydrogens is 513 g/mol. The maximum absolute atomic E-state index is 15.3. The van der Waals surface area contributed by atoms with Crippen LogP contribution in [-0.4, -0.2) is 44.9 Å². The number of nitrogens with two attached hydrogens (primary N) is 1. The fourth-order valence-electron chi connectivity index (χ4n) is 5.27. The van der Waals surface area contributed by atoms with Crippen LogP contribution in [0.5, 0.6) is 5.88 Å². The first kappa shape index (κ1) is 24.5. The number of oxazole rings is 1. The summed E-state index contributed by atoms with van der Waals surface area (Å²) in [6, 6.07) is 6.18. The Balaban J connectivity index is 1.32. The summed E-state index contributed by atoms with van der Waals surface area (Å²) in [5, 5.41) is 2.52. The van der Waals surface area contributed by atoms with Crippen molar-refractivity contribution in [3.8, 4) is 5.88 Å². The summed E-state index contributed by atoms with van der Waals surface area (Å²) < 4.78 is 47.3. The van der Waals surface area contributed by atoms with Gasteiger partial charge in [-0.15, -0.1) is 0 Å². The van der Waals surface area contributed by atoms with Crippen LogP contribution in [0.25, 0.3) is 11.0 Å². The molecule has 5 heterocycles. The minimum Gasteiger partial charge on any atom is -0.467 e. The van der Waals surface area contributed by atoms with Gasteiger partial charge in [-0.05, 0) is 51.0 Å². The van der Waals surface area contributed by atoms with E-state index < -0.39 is 31.9 Å². The molecule has 3 atom stereocenters. The second-order valence-electron chi connectivity index (χ2n) is 9.77. The Morgan fingerprint density at radius 1 is 1.21 bits per heavy atom. The number of nitrogens with one attached hydrogen (secondary N) is 1. The zero-order valence-electron chi connectivity index (χ0n) is 20.6. The summed E-state index contributed by atoms with van der Waals surface area (Å²) in [6.45, 7) is 3.53. The number of amidine groups is 1. The third-order valence-electron chi connectivity index (χ3n) is 7.50. The van der Waals surface area contributed by atoms with Crippen molar-refractivity contribution >= 4 is 39.0 Å². The van der Waals surface area contributed by atoms with E-state index in [-0.39, 0.29) is 18.0 Å². The van der Waals surface area contributed by atoms with Gasteiger partial charge in [-0.25, -0.2) is 24.3 Å². The number of rotatable bonds is 6. The Bertz CT molecular complexity index is 1570. The van der Waals surface area contributed by atoms with Gasteiger partial charge in [0.05, 0.1) is 23.2 Å². The van der Waals surface area contributed by atoms with Gasteiger partial charge < -0.3 is 20.2 Å². The van der Waals surface area contributed by atoms with E-state index in [9.17, 15) is 9.11 Å². The standard InChI is InChI=1S/C25H26FN7O4S/c1-24-7-5-18(38(24,34)35)25(2,33-23(24)27)15-11-14(3-4-16(15)26)31-22-21-17(6-8-29-22)32-19(12-30-21)37-13-20-28-9-10-36-20/h3-4,6,8-12,18,34-35H,5,7,13H2,1-2H3,(H2,27,33)(H,29,31)/t18-,24+,25+/m0/s1. The van der Waals surface area contributed by atoms with Crippen molar-refractivity contribution in [3.05, 3.63) is 66.4 Å². The number of ether oxygens (including phenoxy) is 1. The fraction of sp³-hybridized carbons (Fsp3) is 0.320. The summed E-state index contributed by atoms with van der Waals surface area (Å²) in [6.07, 6.45) is 6.98. The molecule has 38 heavy (non-hydrogen) atoms. The third kappa shape index (κ3) is 3.68. The molecule has 0 unspecified atom stereocenters. The molecule has 1 aromatic carbocycles. The lowest BCUT2D eigenvalue weighted by molar-refractivity contribution is 0.253. The minimum atomic E-state index is -3.17. The van der Waals surface area contributed by atoms with Crippen molar-refractivity contribution < 1.29 is 22.6 Å². The lowest BCUT2D eigenvalue weighted by atomic mass is 9.86. The first-order valence-electron chi connectivity index (χ1n) is 11.9. The van der Waals surface area contributed by atoms with Gasteiger partial charge in [0, 0.05) is 17.4 Å². The highest BCUT2D eigenvalue weighted by Crippen LogP contribution is 2.71. The first-order valence-corrected chi connectivity index (χ1v) is 13.6. The Hall–Kier alpha value is -3.81. The van der Waals surface area contributed by atoms with Crippen molar-refractivity contribution in [2.24, 2.45) is 10.7 Å². The number of aromatic nitrogens is 4. The van der Waals surface area contributed by atoms with E-state index >= 15 is 4.39 Å². The Morgan fingerprint density at radius 3 is 2.84 bits per heavy atom. The molecule has 2 aliphatic rings. The molecule has 1 fully saturated rings. The normalized spacial score (nSPS) is 26.7. The number of nitrogens with zero attached hydrogens (tertiary/aromatic N) is 5. The molecule has 0 spiro atoms. The Kier molecular flexibility index (Phi) is 5.56. The smallest absolute Gasteiger partial charge is 0.233 e.